The summed E-state index contributed by atoms with van der Waals surface area (Å²) in [4.78, 5) is 11.7. The topological polar surface area (TPSA) is 54.0 Å². The Morgan fingerprint density at radius 3 is 2.48 bits per heavy atom. The van der Waals surface area contributed by atoms with Crippen molar-refractivity contribution in [3.63, 3.8) is 0 Å². The molecular weight excluding hydrogens is 320 g/mol. The number of hydrogen-bond donors (Lipinski definition) is 0. The fourth-order valence-electron chi connectivity index (χ4n) is 2.75. The molecule has 3 rings (SSSR count). The number of esters is 1. The van der Waals surface area contributed by atoms with Crippen molar-refractivity contribution in [1.29, 1.82) is 0 Å². The summed E-state index contributed by atoms with van der Waals surface area (Å²) in [6.07, 6.45) is 2.05. The molecule has 5 nitrogen and oxygen atoms in total. The molecule has 132 valence electrons. The van der Waals surface area contributed by atoms with Crippen molar-refractivity contribution in [2.24, 2.45) is 0 Å². The van der Waals surface area contributed by atoms with E-state index >= 15 is 0 Å². The third kappa shape index (κ3) is 4.31. The lowest BCUT2D eigenvalue weighted by Gasteiger charge is -2.35. The highest BCUT2D eigenvalue weighted by Crippen LogP contribution is 2.32. The van der Waals surface area contributed by atoms with Crippen molar-refractivity contribution >= 4 is 5.97 Å². The van der Waals surface area contributed by atoms with Crippen molar-refractivity contribution in [3.05, 3.63) is 59.7 Å². The van der Waals surface area contributed by atoms with Gasteiger partial charge in [-0.1, -0.05) is 30.3 Å². The molecule has 0 N–H and O–H groups in total. The van der Waals surface area contributed by atoms with Crippen LogP contribution in [0.3, 0.4) is 0 Å². The Balaban J connectivity index is 1.49. The minimum atomic E-state index is -0.429. The SMILES string of the molecule is COC(=O)c1ccc(OC2CC(OCc3ccccc3)C2)cc1OC. The van der Waals surface area contributed by atoms with Gasteiger partial charge in [0, 0.05) is 18.9 Å². The lowest BCUT2D eigenvalue weighted by Crippen LogP contribution is -2.39. The second kappa shape index (κ2) is 8.03. The Morgan fingerprint density at radius 2 is 1.80 bits per heavy atom. The first kappa shape index (κ1) is 17.3. The van der Waals surface area contributed by atoms with Crippen LogP contribution in [0.2, 0.25) is 0 Å². The number of carbonyl (C=O) groups excluding carboxylic acids is 1. The summed E-state index contributed by atoms with van der Waals surface area (Å²) in [5.41, 5.74) is 1.56. The van der Waals surface area contributed by atoms with Gasteiger partial charge < -0.3 is 18.9 Å². The standard InChI is InChI=1S/C20H22O5/c1-22-19-12-15(8-9-18(19)20(21)23-2)25-17-10-16(11-17)24-13-14-6-4-3-5-7-14/h3-9,12,16-17H,10-11,13H2,1-2H3. The van der Waals surface area contributed by atoms with Crippen molar-refractivity contribution < 1.29 is 23.7 Å². The average molecular weight is 342 g/mol. The maximum Gasteiger partial charge on any atom is 0.341 e. The van der Waals surface area contributed by atoms with Gasteiger partial charge in [-0.05, 0) is 17.7 Å². The van der Waals surface area contributed by atoms with Crippen LogP contribution in [0.4, 0.5) is 0 Å². The molecule has 0 saturated heterocycles. The molecule has 1 fully saturated rings. The van der Waals surface area contributed by atoms with Crippen LogP contribution < -0.4 is 9.47 Å². The molecule has 0 amide bonds. The summed E-state index contributed by atoms with van der Waals surface area (Å²) in [5.74, 6) is 0.693. The van der Waals surface area contributed by atoms with Crippen molar-refractivity contribution in [1.82, 2.24) is 0 Å². The maximum absolute atomic E-state index is 11.7. The van der Waals surface area contributed by atoms with Crippen LogP contribution in [0.25, 0.3) is 0 Å². The summed E-state index contributed by atoms with van der Waals surface area (Å²) < 4.78 is 21.8. The van der Waals surface area contributed by atoms with Gasteiger partial charge in [0.05, 0.1) is 26.9 Å². The Morgan fingerprint density at radius 1 is 1.04 bits per heavy atom. The molecule has 5 heteroatoms. The van der Waals surface area contributed by atoms with Crippen LogP contribution in [0.1, 0.15) is 28.8 Å². The molecule has 0 atom stereocenters. The van der Waals surface area contributed by atoms with Gasteiger partial charge in [-0.2, -0.15) is 0 Å². The molecule has 2 aromatic rings. The van der Waals surface area contributed by atoms with Gasteiger partial charge >= 0.3 is 5.97 Å². The van der Waals surface area contributed by atoms with Crippen LogP contribution in [-0.4, -0.2) is 32.4 Å². The van der Waals surface area contributed by atoms with E-state index in [4.69, 9.17) is 18.9 Å². The van der Waals surface area contributed by atoms with E-state index in [9.17, 15) is 4.79 Å². The fourth-order valence-corrected chi connectivity index (χ4v) is 2.75. The summed E-state index contributed by atoms with van der Waals surface area (Å²) in [6, 6.07) is 15.3. The van der Waals surface area contributed by atoms with Gasteiger partial charge in [0.15, 0.2) is 0 Å². The van der Waals surface area contributed by atoms with Crippen LogP contribution >= 0.6 is 0 Å². The molecule has 0 bridgehead atoms. The molecule has 0 unspecified atom stereocenters. The van der Waals surface area contributed by atoms with E-state index in [-0.39, 0.29) is 12.2 Å². The van der Waals surface area contributed by atoms with Crippen LogP contribution in [0, 0.1) is 0 Å². The Hall–Kier alpha value is -2.53. The summed E-state index contributed by atoms with van der Waals surface area (Å²) >= 11 is 0. The van der Waals surface area contributed by atoms with Gasteiger partial charge in [-0.25, -0.2) is 4.79 Å². The van der Waals surface area contributed by atoms with Crippen LogP contribution in [0.5, 0.6) is 11.5 Å². The van der Waals surface area contributed by atoms with Crippen LogP contribution in [-0.2, 0) is 16.1 Å². The van der Waals surface area contributed by atoms with E-state index < -0.39 is 5.97 Å². The minimum Gasteiger partial charge on any atom is -0.496 e. The first-order valence-electron chi connectivity index (χ1n) is 8.28. The molecule has 25 heavy (non-hydrogen) atoms. The summed E-state index contributed by atoms with van der Waals surface area (Å²) in [6.45, 7) is 0.625. The number of carbonyl (C=O) groups is 1. The lowest BCUT2D eigenvalue weighted by atomic mass is 9.92. The predicted octanol–water partition coefficient (Wildman–Crippen LogP) is 3.61. The van der Waals surface area contributed by atoms with Gasteiger partial charge in [0.25, 0.3) is 0 Å². The van der Waals surface area contributed by atoms with Gasteiger partial charge in [-0.3, -0.25) is 0 Å². The number of ether oxygens (including phenoxy) is 4. The second-order valence-electron chi connectivity index (χ2n) is 5.98. The van der Waals surface area contributed by atoms with Gasteiger partial charge in [0.2, 0.25) is 0 Å². The highest BCUT2D eigenvalue weighted by molar-refractivity contribution is 5.92. The zero-order chi connectivity index (χ0) is 17.6. The number of rotatable bonds is 7. The van der Waals surface area contributed by atoms with Crippen molar-refractivity contribution in [3.8, 4) is 11.5 Å². The van der Waals surface area contributed by atoms with E-state index in [0.29, 0.717) is 23.7 Å². The van der Waals surface area contributed by atoms with Crippen LogP contribution in [0.15, 0.2) is 48.5 Å². The van der Waals surface area contributed by atoms with E-state index in [2.05, 4.69) is 12.1 Å². The van der Waals surface area contributed by atoms with Gasteiger partial charge in [-0.15, -0.1) is 0 Å². The smallest absolute Gasteiger partial charge is 0.341 e. The highest BCUT2D eigenvalue weighted by atomic mass is 16.5. The normalized spacial score (nSPS) is 19.0. The number of methoxy groups -OCH3 is 2. The Kier molecular flexibility index (Phi) is 5.56. The zero-order valence-corrected chi connectivity index (χ0v) is 14.4. The molecule has 0 heterocycles. The third-order valence-electron chi connectivity index (χ3n) is 4.26. The fraction of sp³-hybridized carbons (Fsp3) is 0.350. The molecule has 1 aliphatic rings. The molecule has 2 aromatic carbocycles. The monoisotopic (exact) mass is 342 g/mol. The van der Waals surface area contributed by atoms with E-state index in [1.165, 1.54) is 19.8 Å². The first-order chi connectivity index (χ1) is 12.2. The molecule has 1 saturated carbocycles. The quantitative estimate of drug-likeness (QED) is 0.720. The van der Waals surface area contributed by atoms with E-state index in [0.717, 1.165) is 12.8 Å². The van der Waals surface area contributed by atoms with Crippen molar-refractivity contribution in [2.45, 2.75) is 31.7 Å². The molecule has 0 aliphatic heterocycles. The van der Waals surface area contributed by atoms with Crippen molar-refractivity contribution in [2.75, 3.05) is 14.2 Å². The molecule has 0 aromatic heterocycles. The Bertz CT molecular complexity index is 707. The lowest BCUT2D eigenvalue weighted by molar-refractivity contribution is -0.0684. The summed E-state index contributed by atoms with van der Waals surface area (Å²) in [7, 11) is 2.86. The maximum atomic E-state index is 11.7. The third-order valence-corrected chi connectivity index (χ3v) is 4.26. The highest BCUT2D eigenvalue weighted by Gasteiger charge is 2.32. The largest absolute Gasteiger partial charge is 0.496 e. The number of benzene rings is 2. The first-order valence-corrected chi connectivity index (χ1v) is 8.28. The summed E-state index contributed by atoms with van der Waals surface area (Å²) in [5, 5.41) is 0. The molecule has 0 spiro atoms. The second-order valence-corrected chi connectivity index (χ2v) is 5.98. The van der Waals surface area contributed by atoms with E-state index in [1.807, 2.05) is 18.2 Å². The molecular formula is C20H22O5. The van der Waals surface area contributed by atoms with Gasteiger partial charge in [0.1, 0.15) is 23.2 Å². The van der Waals surface area contributed by atoms with E-state index in [1.54, 1.807) is 18.2 Å². The molecule has 0 radical (unpaired) electrons. The zero-order valence-electron chi connectivity index (χ0n) is 14.4. The minimum absolute atomic E-state index is 0.120. The Labute approximate surface area is 147 Å². The average Bonchev–Trinajstić information content (AvgIpc) is 2.63. The molecule has 1 aliphatic carbocycles. The number of hydrogen-bond acceptors (Lipinski definition) is 5. The predicted molar refractivity (Wildman–Crippen MR) is 93.0 cm³/mol.